The van der Waals surface area contributed by atoms with E-state index in [-0.39, 0.29) is 0 Å². The molecule has 0 heterocycles. The zero-order chi connectivity index (χ0) is 6.95. The monoisotopic (exact) mass is 124 g/mol. The maximum Gasteiger partial charge on any atom is -0.0316 e. The van der Waals surface area contributed by atoms with Gasteiger partial charge in [0.2, 0.25) is 0 Å². The van der Waals surface area contributed by atoms with Crippen molar-refractivity contribution in [3.05, 3.63) is 24.3 Å². The van der Waals surface area contributed by atoms with Gasteiger partial charge in [0, 0.05) is 0 Å². The van der Waals surface area contributed by atoms with Gasteiger partial charge >= 0.3 is 0 Å². The number of hydrogen-bond acceptors (Lipinski definition) is 0. The van der Waals surface area contributed by atoms with Gasteiger partial charge in [-0.2, -0.15) is 0 Å². The molecule has 0 saturated carbocycles. The second kappa shape index (κ2) is 7.48. The summed E-state index contributed by atoms with van der Waals surface area (Å²) in [4.78, 5) is 0. The van der Waals surface area contributed by atoms with Crippen molar-refractivity contribution in [3.63, 3.8) is 0 Å². The molecule has 0 aliphatic heterocycles. The first-order valence-corrected chi connectivity index (χ1v) is 3.68. The van der Waals surface area contributed by atoms with Crippen LogP contribution in [0.15, 0.2) is 24.3 Å². The van der Waals surface area contributed by atoms with E-state index >= 15 is 0 Å². The molecular formula is C9H16. The molecule has 0 rings (SSSR count). The van der Waals surface area contributed by atoms with Gasteiger partial charge in [-0.25, -0.2) is 0 Å². The van der Waals surface area contributed by atoms with Crippen molar-refractivity contribution in [1.29, 1.82) is 0 Å². The van der Waals surface area contributed by atoms with E-state index in [9.17, 15) is 0 Å². The Hall–Kier alpha value is -0.520. The summed E-state index contributed by atoms with van der Waals surface area (Å²) in [6, 6.07) is 0. The molecule has 0 spiro atoms. The van der Waals surface area contributed by atoms with Crippen LogP contribution < -0.4 is 0 Å². The summed E-state index contributed by atoms with van der Waals surface area (Å²) in [6.07, 6.45) is 12.3. The Morgan fingerprint density at radius 2 is 1.67 bits per heavy atom. The smallest absolute Gasteiger partial charge is 0.0316 e. The fourth-order valence-electron chi connectivity index (χ4n) is 0.644. The van der Waals surface area contributed by atoms with Crippen LogP contribution in [0.3, 0.4) is 0 Å². The predicted octanol–water partition coefficient (Wildman–Crippen LogP) is 3.31. The highest BCUT2D eigenvalue weighted by atomic mass is 13.8. The minimum atomic E-state index is 1.16. The molecule has 0 nitrogen and oxygen atoms in total. The molecule has 0 aromatic carbocycles. The number of unbranched alkanes of at least 4 members (excludes halogenated alkanes) is 1. The molecule has 0 amide bonds. The molecule has 0 fully saturated rings. The van der Waals surface area contributed by atoms with Crippen molar-refractivity contribution in [2.24, 2.45) is 0 Å². The minimum Gasteiger partial charge on any atom is -0.0917 e. The molecule has 0 radical (unpaired) electrons. The maximum absolute atomic E-state index is 2.24. The van der Waals surface area contributed by atoms with Crippen molar-refractivity contribution in [2.45, 2.75) is 33.1 Å². The van der Waals surface area contributed by atoms with E-state index < -0.39 is 0 Å². The van der Waals surface area contributed by atoms with E-state index in [1.807, 2.05) is 0 Å². The Morgan fingerprint density at radius 3 is 2.22 bits per heavy atom. The van der Waals surface area contributed by atoms with Crippen LogP contribution >= 0.6 is 0 Å². The third-order valence-corrected chi connectivity index (χ3v) is 1.14. The lowest BCUT2D eigenvalue weighted by atomic mass is 10.2. The van der Waals surface area contributed by atoms with E-state index in [0.29, 0.717) is 0 Å². The molecule has 0 aromatic heterocycles. The number of rotatable bonds is 4. The van der Waals surface area contributed by atoms with Crippen LogP contribution in [0.5, 0.6) is 0 Å². The van der Waals surface area contributed by atoms with Gasteiger partial charge in [-0.05, 0) is 26.2 Å². The molecular weight excluding hydrogens is 108 g/mol. The highest BCUT2D eigenvalue weighted by Crippen LogP contribution is 1.93. The van der Waals surface area contributed by atoms with Gasteiger partial charge < -0.3 is 0 Å². The van der Waals surface area contributed by atoms with Crippen molar-refractivity contribution in [2.75, 3.05) is 0 Å². The highest BCUT2D eigenvalue weighted by molar-refractivity contribution is 4.85. The van der Waals surface area contributed by atoms with E-state index in [0.717, 1.165) is 6.42 Å². The van der Waals surface area contributed by atoms with Gasteiger partial charge in [0.25, 0.3) is 0 Å². The first kappa shape index (κ1) is 8.48. The van der Waals surface area contributed by atoms with Gasteiger partial charge in [0.1, 0.15) is 0 Å². The van der Waals surface area contributed by atoms with Crippen molar-refractivity contribution < 1.29 is 0 Å². The average Bonchev–Trinajstić information content (AvgIpc) is 1.89. The van der Waals surface area contributed by atoms with E-state index in [1.54, 1.807) is 0 Å². The summed E-state index contributed by atoms with van der Waals surface area (Å²) in [6.45, 7) is 4.22. The lowest BCUT2D eigenvalue weighted by Gasteiger charge is -1.83. The van der Waals surface area contributed by atoms with Crippen LogP contribution in [0.2, 0.25) is 0 Å². The second-order valence-electron chi connectivity index (χ2n) is 2.03. The van der Waals surface area contributed by atoms with Crippen molar-refractivity contribution >= 4 is 0 Å². The maximum atomic E-state index is 2.24. The van der Waals surface area contributed by atoms with Gasteiger partial charge in [0.05, 0.1) is 0 Å². The number of hydrogen-bond donors (Lipinski definition) is 0. The Labute approximate surface area is 58.3 Å². The summed E-state index contributed by atoms with van der Waals surface area (Å²) in [5.41, 5.74) is 0. The Bertz CT molecular complexity index is 88.2. The standard InChI is InChI=1S/C9H16/c1-3-5-7-9-8-6-4-2/h3,5-6,8H,4,7,9H2,1-2H3/b5-3-,8-6+. The van der Waals surface area contributed by atoms with Crippen LogP contribution in [-0.4, -0.2) is 0 Å². The lowest BCUT2D eigenvalue weighted by molar-refractivity contribution is 1.03. The summed E-state index contributed by atoms with van der Waals surface area (Å²) in [7, 11) is 0. The Morgan fingerprint density at radius 1 is 1.00 bits per heavy atom. The van der Waals surface area contributed by atoms with E-state index in [4.69, 9.17) is 0 Å². The van der Waals surface area contributed by atoms with Crippen LogP contribution in [0, 0.1) is 0 Å². The molecule has 0 unspecified atom stereocenters. The predicted molar refractivity (Wildman–Crippen MR) is 43.5 cm³/mol. The van der Waals surface area contributed by atoms with Crippen LogP contribution in [0.25, 0.3) is 0 Å². The third-order valence-electron chi connectivity index (χ3n) is 1.14. The fraction of sp³-hybridized carbons (Fsp3) is 0.556. The van der Waals surface area contributed by atoms with Crippen molar-refractivity contribution in [3.8, 4) is 0 Å². The van der Waals surface area contributed by atoms with Crippen LogP contribution in [0.4, 0.5) is 0 Å². The quantitative estimate of drug-likeness (QED) is 0.398. The average molecular weight is 124 g/mol. The largest absolute Gasteiger partial charge is 0.0917 e. The molecule has 0 bridgehead atoms. The molecule has 0 saturated heterocycles. The SMILES string of the molecule is C/C=C\CC/C=C/CC. The molecule has 9 heavy (non-hydrogen) atoms. The summed E-state index contributed by atoms with van der Waals surface area (Å²) < 4.78 is 0. The van der Waals surface area contributed by atoms with Gasteiger partial charge in [0.15, 0.2) is 0 Å². The third kappa shape index (κ3) is 7.48. The second-order valence-corrected chi connectivity index (χ2v) is 2.03. The van der Waals surface area contributed by atoms with Crippen LogP contribution in [0.1, 0.15) is 33.1 Å². The Kier molecular flexibility index (Phi) is 7.05. The number of allylic oxidation sites excluding steroid dienone is 4. The molecule has 0 aromatic rings. The zero-order valence-corrected chi connectivity index (χ0v) is 6.43. The van der Waals surface area contributed by atoms with Crippen LogP contribution in [-0.2, 0) is 0 Å². The molecule has 0 heteroatoms. The highest BCUT2D eigenvalue weighted by Gasteiger charge is 1.72. The first-order valence-electron chi connectivity index (χ1n) is 3.68. The summed E-state index contributed by atoms with van der Waals surface area (Å²) >= 11 is 0. The topological polar surface area (TPSA) is 0 Å². The molecule has 0 aliphatic rings. The molecule has 0 N–H and O–H groups in total. The first-order chi connectivity index (χ1) is 4.41. The van der Waals surface area contributed by atoms with Gasteiger partial charge in [-0.3, -0.25) is 0 Å². The zero-order valence-electron chi connectivity index (χ0n) is 6.43. The Balaban J connectivity index is 2.99. The molecule has 52 valence electrons. The minimum absolute atomic E-state index is 1.16. The molecule has 0 atom stereocenters. The fourth-order valence-corrected chi connectivity index (χ4v) is 0.644. The molecule has 0 aliphatic carbocycles. The van der Waals surface area contributed by atoms with Gasteiger partial charge in [-0.15, -0.1) is 0 Å². The van der Waals surface area contributed by atoms with Crippen molar-refractivity contribution in [1.82, 2.24) is 0 Å². The summed E-state index contributed by atoms with van der Waals surface area (Å²) in [5, 5.41) is 0. The van der Waals surface area contributed by atoms with E-state index in [2.05, 4.69) is 38.2 Å². The summed E-state index contributed by atoms with van der Waals surface area (Å²) in [5.74, 6) is 0. The van der Waals surface area contributed by atoms with Gasteiger partial charge in [-0.1, -0.05) is 31.2 Å². The van der Waals surface area contributed by atoms with E-state index in [1.165, 1.54) is 12.8 Å². The lowest BCUT2D eigenvalue weighted by Crippen LogP contribution is -1.62. The normalized spacial score (nSPS) is 11.8.